The van der Waals surface area contributed by atoms with Gasteiger partial charge in [-0.3, -0.25) is 4.99 Å². The second-order valence-electron chi connectivity index (χ2n) is 5.14. The van der Waals surface area contributed by atoms with Crippen LogP contribution >= 0.6 is 24.0 Å². The molecule has 2 aromatic rings. The predicted molar refractivity (Wildman–Crippen MR) is 111 cm³/mol. The number of hydrogen-bond donors (Lipinski definition) is 3. The molecule has 0 heterocycles. The fraction of sp³-hybridized carbons (Fsp3) is 0.278. The van der Waals surface area contributed by atoms with Crippen molar-refractivity contribution in [2.24, 2.45) is 4.99 Å². The molecule has 0 aliphatic heterocycles. The highest BCUT2D eigenvalue weighted by atomic mass is 127. The molecule has 2 rings (SSSR count). The van der Waals surface area contributed by atoms with Crippen LogP contribution in [0.2, 0.25) is 0 Å². The van der Waals surface area contributed by atoms with Crippen molar-refractivity contribution >= 4 is 35.6 Å². The van der Waals surface area contributed by atoms with Gasteiger partial charge in [0, 0.05) is 25.3 Å². The van der Waals surface area contributed by atoms with Gasteiger partial charge < -0.3 is 25.2 Å². The standard InChI is InChI=1S/C18H22FN3O3.HI/c1-4-25-17-10-13(6-8-16(17)24-3)22-18(20-2)21-11-12-5-7-15(23)14(19)9-12;/h5-10,23H,4,11H2,1-3H3,(H2,20,21,22);1H. The van der Waals surface area contributed by atoms with Gasteiger partial charge in [-0.1, -0.05) is 6.07 Å². The first-order valence-electron chi connectivity index (χ1n) is 7.83. The fourth-order valence-corrected chi connectivity index (χ4v) is 2.18. The van der Waals surface area contributed by atoms with E-state index < -0.39 is 5.82 Å². The van der Waals surface area contributed by atoms with Gasteiger partial charge in [-0.25, -0.2) is 4.39 Å². The van der Waals surface area contributed by atoms with E-state index in [1.807, 2.05) is 19.1 Å². The van der Waals surface area contributed by atoms with E-state index in [2.05, 4.69) is 15.6 Å². The number of benzene rings is 2. The number of nitrogens with one attached hydrogen (secondary N) is 2. The van der Waals surface area contributed by atoms with Crippen LogP contribution in [0, 0.1) is 5.82 Å². The molecule has 0 saturated heterocycles. The minimum atomic E-state index is -0.654. The van der Waals surface area contributed by atoms with Crippen LogP contribution in [0.1, 0.15) is 12.5 Å². The van der Waals surface area contributed by atoms with Gasteiger partial charge in [0.25, 0.3) is 0 Å². The lowest BCUT2D eigenvalue weighted by molar-refractivity contribution is 0.311. The minimum absolute atomic E-state index is 0. The van der Waals surface area contributed by atoms with Gasteiger partial charge in [-0.2, -0.15) is 0 Å². The Bertz CT molecular complexity index is 756. The molecule has 0 bridgehead atoms. The summed E-state index contributed by atoms with van der Waals surface area (Å²) in [6.07, 6.45) is 0. The van der Waals surface area contributed by atoms with Crippen LogP contribution in [0.25, 0.3) is 0 Å². The smallest absolute Gasteiger partial charge is 0.195 e. The molecule has 0 amide bonds. The number of aliphatic imine (C=N–C) groups is 1. The van der Waals surface area contributed by atoms with Crippen molar-refractivity contribution in [2.75, 3.05) is 26.1 Å². The number of rotatable bonds is 6. The third kappa shape index (κ3) is 5.94. The Kier molecular flexibility index (Phi) is 8.97. The van der Waals surface area contributed by atoms with Gasteiger partial charge in [-0.05, 0) is 36.8 Å². The lowest BCUT2D eigenvalue weighted by atomic mass is 10.2. The van der Waals surface area contributed by atoms with Crippen molar-refractivity contribution in [1.29, 1.82) is 0 Å². The zero-order valence-corrected chi connectivity index (χ0v) is 17.2. The molecular weight excluding hydrogens is 452 g/mol. The summed E-state index contributed by atoms with van der Waals surface area (Å²) in [5.41, 5.74) is 1.46. The summed E-state index contributed by atoms with van der Waals surface area (Å²) < 4.78 is 24.2. The second kappa shape index (κ2) is 10.7. The number of anilines is 1. The maximum atomic E-state index is 13.4. The highest BCUT2D eigenvalue weighted by Gasteiger charge is 2.07. The number of phenols is 1. The maximum absolute atomic E-state index is 13.4. The van der Waals surface area contributed by atoms with Gasteiger partial charge in [0.05, 0.1) is 13.7 Å². The van der Waals surface area contributed by atoms with E-state index in [-0.39, 0.29) is 29.7 Å². The molecule has 0 saturated carbocycles. The van der Waals surface area contributed by atoms with Gasteiger partial charge in [-0.15, -0.1) is 24.0 Å². The molecule has 6 nitrogen and oxygen atoms in total. The molecule has 0 aliphatic rings. The van der Waals surface area contributed by atoms with Crippen LogP contribution in [0.15, 0.2) is 41.4 Å². The molecule has 0 radical (unpaired) electrons. The number of halogens is 2. The first-order valence-corrected chi connectivity index (χ1v) is 7.83. The molecular formula is C18H23FIN3O3. The first-order chi connectivity index (χ1) is 12.1. The van der Waals surface area contributed by atoms with Crippen molar-refractivity contribution in [1.82, 2.24) is 5.32 Å². The Morgan fingerprint density at radius 2 is 1.96 bits per heavy atom. The van der Waals surface area contributed by atoms with Crippen LogP contribution in [0.3, 0.4) is 0 Å². The second-order valence-corrected chi connectivity index (χ2v) is 5.14. The van der Waals surface area contributed by atoms with E-state index in [9.17, 15) is 9.50 Å². The van der Waals surface area contributed by atoms with Crippen molar-refractivity contribution in [3.8, 4) is 17.2 Å². The number of hydrogen-bond acceptors (Lipinski definition) is 4. The monoisotopic (exact) mass is 475 g/mol. The Morgan fingerprint density at radius 3 is 2.58 bits per heavy atom. The largest absolute Gasteiger partial charge is 0.505 e. The van der Waals surface area contributed by atoms with Crippen molar-refractivity contribution in [3.63, 3.8) is 0 Å². The number of nitrogens with zero attached hydrogens (tertiary/aromatic N) is 1. The molecule has 0 aromatic heterocycles. The van der Waals surface area contributed by atoms with E-state index in [0.717, 1.165) is 5.69 Å². The van der Waals surface area contributed by atoms with Gasteiger partial charge in [0.1, 0.15) is 0 Å². The molecule has 0 spiro atoms. The average molecular weight is 475 g/mol. The van der Waals surface area contributed by atoms with E-state index >= 15 is 0 Å². The van der Waals surface area contributed by atoms with Gasteiger partial charge in [0.2, 0.25) is 0 Å². The quantitative estimate of drug-likeness (QED) is 0.337. The topological polar surface area (TPSA) is 75.1 Å². The van der Waals surface area contributed by atoms with Crippen LogP contribution in [0.4, 0.5) is 10.1 Å². The zero-order chi connectivity index (χ0) is 18.2. The Morgan fingerprint density at radius 1 is 1.19 bits per heavy atom. The van der Waals surface area contributed by atoms with Crippen molar-refractivity contribution in [2.45, 2.75) is 13.5 Å². The summed E-state index contributed by atoms with van der Waals surface area (Å²) in [5.74, 6) is 0.772. The molecule has 3 N–H and O–H groups in total. The van der Waals surface area contributed by atoms with Crippen LogP contribution < -0.4 is 20.1 Å². The van der Waals surface area contributed by atoms with Crippen molar-refractivity contribution in [3.05, 3.63) is 47.8 Å². The Hall–Kier alpha value is -2.23. The SMILES string of the molecule is CCOc1cc(NC(=NC)NCc2ccc(O)c(F)c2)ccc1OC.I. The summed E-state index contributed by atoms with van der Waals surface area (Å²) in [7, 11) is 3.22. The van der Waals surface area contributed by atoms with E-state index in [1.54, 1.807) is 26.3 Å². The van der Waals surface area contributed by atoms with Gasteiger partial charge in [0.15, 0.2) is 29.0 Å². The van der Waals surface area contributed by atoms with Crippen LogP contribution in [-0.2, 0) is 6.54 Å². The summed E-state index contributed by atoms with van der Waals surface area (Å²) in [6, 6.07) is 9.69. The maximum Gasteiger partial charge on any atom is 0.195 e. The first kappa shape index (κ1) is 21.8. The summed E-state index contributed by atoms with van der Waals surface area (Å²) >= 11 is 0. The molecule has 8 heteroatoms. The number of aromatic hydroxyl groups is 1. The summed E-state index contributed by atoms with van der Waals surface area (Å²) in [5, 5.41) is 15.4. The Labute approximate surface area is 169 Å². The lowest BCUT2D eigenvalue weighted by Crippen LogP contribution is -2.30. The van der Waals surface area contributed by atoms with Crippen molar-refractivity contribution < 1.29 is 19.0 Å². The number of ether oxygens (including phenoxy) is 2. The molecule has 2 aromatic carbocycles. The third-order valence-electron chi connectivity index (χ3n) is 3.42. The third-order valence-corrected chi connectivity index (χ3v) is 3.42. The minimum Gasteiger partial charge on any atom is -0.505 e. The predicted octanol–water partition coefficient (Wildman–Crippen LogP) is 3.74. The van der Waals surface area contributed by atoms with E-state index in [4.69, 9.17) is 9.47 Å². The van der Waals surface area contributed by atoms with Gasteiger partial charge >= 0.3 is 0 Å². The lowest BCUT2D eigenvalue weighted by Gasteiger charge is -2.15. The highest BCUT2D eigenvalue weighted by molar-refractivity contribution is 14.0. The average Bonchev–Trinajstić information content (AvgIpc) is 2.62. The number of guanidine groups is 1. The van der Waals surface area contributed by atoms with Crippen LogP contribution in [0.5, 0.6) is 17.2 Å². The fourth-order valence-electron chi connectivity index (χ4n) is 2.18. The molecule has 0 fully saturated rings. The van der Waals surface area contributed by atoms with Crippen LogP contribution in [-0.4, -0.2) is 31.8 Å². The van der Waals surface area contributed by atoms with E-state index in [0.29, 0.717) is 36.2 Å². The normalized spacial score (nSPS) is 10.7. The molecule has 0 atom stereocenters. The molecule has 0 unspecified atom stereocenters. The zero-order valence-electron chi connectivity index (χ0n) is 14.9. The molecule has 26 heavy (non-hydrogen) atoms. The number of methoxy groups -OCH3 is 1. The molecule has 142 valence electrons. The highest BCUT2D eigenvalue weighted by Crippen LogP contribution is 2.30. The summed E-state index contributed by atoms with van der Waals surface area (Å²) in [6.45, 7) is 2.78. The van der Waals surface area contributed by atoms with E-state index in [1.165, 1.54) is 12.1 Å². The Balaban J connectivity index is 0.00000338. The summed E-state index contributed by atoms with van der Waals surface area (Å²) in [4.78, 5) is 4.14. The number of phenolic OH excluding ortho intramolecular Hbond substituents is 1. The molecule has 0 aliphatic carbocycles.